The number of ether oxygens (including phenoxy) is 1. The normalized spacial score (nSPS) is 10.0. The van der Waals surface area contributed by atoms with Gasteiger partial charge in [-0.1, -0.05) is 19.1 Å². The average Bonchev–Trinajstić information content (AvgIpc) is 2.56. The zero-order valence-corrected chi connectivity index (χ0v) is 14.1. The van der Waals surface area contributed by atoms with Crippen molar-refractivity contribution in [1.82, 2.24) is 0 Å². The molecule has 0 heterocycles. The Kier molecular flexibility index (Phi) is 6.11. The molecule has 0 radical (unpaired) electrons. The maximum atomic E-state index is 11.6. The van der Waals surface area contributed by atoms with Gasteiger partial charge in [-0.25, -0.2) is 4.79 Å². The van der Waals surface area contributed by atoms with Crippen LogP contribution in [0.5, 0.6) is 0 Å². The Labute approximate surface area is 141 Å². The van der Waals surface area contributed by atoms with Gasteiger partial charge in [0.1, 0.15) is 0 Å². The van der Waals surface area contributed by atoms with Gasteiger partial charge in [0.25, 0.3) is 0 Å². The second kappa shape index (κ2) is 8.29. The molecule has 120 valence electrons. The first-order valence-corrected chi connectivity index (χ1v) is 7.97. The lowest BCUT2D eigenvalue weighted by Gasteiger charge is -2.11. The van der Waals surface area contributed by atoms with Gasteiger partial charge in [0.05, 0.1) is 12.2 Å². The molecule has 0 spiro atoms. The van der Waals surface area contributed by atoms with Gasteiger partial charge in [0, 0.05) is 11.4 Å². The van der Waals surface area contributed by atoms with Crippen molar-refractivity contribution in [2.75, 3.05) is 17.2 Å². The second-order valence-corrected chi connectivity index (χ2v) is 5.34. The summed E-state index contributed by atoms with van der Waals surface area (Å²) in [7, 11) is 0. The molecule has 2 aromatic carbocycles. The number of hydrogen-bond acceptors (Lipinski definition) is 3. The van der Waals surface area contributed by atoms with E-state index in [0.29, 0.717) is 17.3 Å². The van der Waals surface area contributed by atoms with Crippen molar-refractivity contribution >= 4 is 34.7 Å². The molecule has 0 aliphatic carbocycles. The lowest BCUT2D eigenvalue weighted by molar-refractivity contribution is 0.0526. The fourth-order valence-corrected chi connectivity index (χ4v) is 2.26. The Balaban J connectivity index is 1.93. The average molecular weight is 328 g/mol. The van der Waals surface area contributed by atoms with Crippen molar-refractivity contribution in [2.24, 2.45) is 0 Å². The van der Waals surface area contributed by atoms with E-state index in [1.165, 1.54) is 5.56 Å². The Bertz CT molecular complexity index is 666. The molecule has 0 amide bonds. The van der Waals surface area contributed by atoms with Gasteiger partial charge in [0.15, 0.2) is 5.11 Å². The molecule has 0 saturated carbocycles. The van der Waals surface area contributed by atoms with Crippen LogP contribution in [-0.4, -0.2) is 17.7 Å². The Morgan fingerprint density at radius 2 is 1.48 bits per heavy atom. The second-order valence-electron chi connectivity index (χ2n) is 4.93. The predicted octanol–water partition coefficient (Wildman–Crippen LogP) is 4.23. The van der Waals surface area contributed by atoms with Crippen molar-refractivity contribution in [1.29, 1.82) is 0 Å². The number of esters is 1. The highest BCUT2D eigenvalue weighted by Gasteiger charge is 2.06. The minimum Gasteiger partial charge on any atom is -0.462 e. The number of anilines is 2. The molecular weight excluding hydrogens is 308 g/mol. The van der Waals surface area contributed by atoms with Gasteiger partial charge < -0.3 is 15.4 Å². The van der Waals surface area contributed by atoms with E-state index >= 15 is 0 Å². The molecule has 2 rings (SSSR count). The third-order valence-corrected chi connectivity index (χ3v) is 3.48. The highest BCUT2D eigenvalue weighted by atomic mass is 32.1. The van der Waals surface area contributed by atoms with Crippen LogP contribution in [0.1, 0.15) is 29.8 Å². The fraction of sp³-hybridized carbons (Fsp3) is 0.222. The number of benzene rings is 2. The topological polar surface area (TPSA) is 50.4 Å². The molecule has 5 heteroatoms. The van der Waals surface area contributed by atoms with E-state index in [-0.39, 0.29) is 5.97 Å². The Morgan fingerprint density at radius 1 is 0.957 bits per heavy atom. The summed E-state index contributed by atoms with van der Waals surface area (Å²) < 4.78 is 4.95. The van der Waals surface area contributed by atoms with Crippen LogP contribution in [0.15, 0.2) is 48.5 Å². The number of aryl methyl sites for hydroxylation is 1. The minimum atomic E-state index is -0.323. The lowest BCUT2D eigenvalue weighted by atomic mass is 10.1. The molecule has 23 heavy (non-hydrogen) atoms. The van der Waals surface area contributed by atoms with E-state index in [4.69, 9.17) is 17.0 Å². The van der Waals surface area contributed by atoms with E-state index in [9.17, 15) is 4.79 Å². The number of thiocarbonyl (C=S) groups is 1. The van der Waals surface area contributed by atoms with Crippen LogP contribution in [0.25, 0.3) is 0 Å². The van der Waals surface area contributed by atoms with Crippen LogP contribution in [0.3, 0.4) is 0 Å². The molecule has 0 bridgehead atoms. The molecular formula is C18H20N2O2S. The smallest absolute Gasteiger partial charge is 0.338 e. The zero-order chi connectivity index (χ0) is 16.7. The number of carbonyl (C=O) groups excluding carboxylic acids is 1. The van der Waals surface area contributed by atoms with Crippen LogP contribution >= 0.6 is 12.2 Å². The number of hydrogen-bond donors (Lipinski definition) is 2. The Morgan fingerprint density at radius 3 is 1.96 bits per heavy atom. The molecule has 0 atom stereocenters. The van der Waals surface area contributed by atoms with Crippen LogP contribution in [0, 0.1) is 0 Å². The highest BCUT2D eigenvalue weighted by Crippen LogP contribution is 2.13. The maximum Gasteiger partial charge on any atom is 0.338 e. The third kappa shape index (κ3) is 5.07. The third-order valence-electron chi connectivity index (χ3n) is 3.27. The van der Waals surface area contributed by atoms with Crippen LogP contribution in [0.2, 0.25) is 0 Å². The number of carbonyl (C=O) groups is 1. The first-order chi connectivity index (χ1) is 11.1. The van der Waals surface area contributed by atoms with Crippen molar-refractivity contribution in [3.63, 3.8) is 0 Å². The quantitative estimate of drug-likeness (QED) is 0.635. The van der Waals surface area contributed by atoms with Gasteiger partial charge in [-0.15, -0.1) is 0 Å². The summed E-state index contributed by atoms with van der Waals surface area (Å²) in [5.74, 6) is -0.323. The SMILES string of the molecule is CCOC(=O)c1ccc(NC(=S)Nc2ccc(CC)cc2)cc1. The lowest BCUT2D eigenvalue weighted by Crippen LogP contribution is -2.19. The first kappa shape index (κ1) is 17.0. The van der Waals surface area contributed by atoms with E-state index in [1.54, 1.807) is 31.2 Å². The molecule has 0 aliphatic rings. The van der Waals surface area contributed by atoms with Crippen molar-refractivity contribution in [3.8, 4) is 0 Å². The standard InChI is InChI=1S/C18H20N2O2S/c1-3-13-5-9-15(10-6-13)19-18(23)20-16-11-7-14(8-12-16)17(21)22-4-2/h5-12H,3-4H2,1-2H3,(H2,19,20,23). The molecule has 2 aromatic rings. The van der Waals surface area contributed by atoms with Crippen LogP contribution in [0.4, 0.5) is 11.4 Å². The van der Waals surface area contributed by atoms with E-state index in [2.05, 4.69) is 29.7 Å². The van der Waals surface area contributed by atoms with Crippen LogP contribution < -0.4 is 10.6 Å². The molecule has 0 aromatic heterocycles. The molecule has 0 saturated heterocycles. The molecule has 0 aliphatic heterocycles. The zero-order valence-electron chi connectivity index (χ0n) is 13.3. The van der Waals surface area contributed by atoms with Crippen LogP contribution in [-0.2, 0) is 11.2 Å². The summed E-state index contributed by atoms with van der Waals surface area (Å²) in [6.07, 6.45) is 1.01. The fourth-order valence-electron chi connectivity index (χ4n) is 2.02. The van der Waals surface area contributed by atoms with E-state index < -0.39 is 0 Å². The van der Waals surface area contributed by atoms with Gasteiger partial charge >= 0.3 is 5.97 Å². The molecule has 2 N–H and O–H groups in total. The summed E-state index contributed by atoms with van der Waals surface area (Å²) in [4.78, 5) is 11.6. The van der Waals surface area contributed by atoms with Crippen molar-refractivity contribution in [2.45, 2.75) is 20.3 Å². The first-order valence-electron chi connectivity index (χ1n) is 7.56. The van der Waals surface area contributed by atoms with Gasteiger partial charge in [-0.05, 0) is 67.5 Å². The minimum absolute atomic E-state index is 0.323. The monoisotopic (exact) mass is 328 g/mol. The van der Waals surface area contributed by atoms with Gasteiger partial charge in [-0.3, -0.25) is 0 Å². The molecule has 0 unspecified atom stereocenters. The van der Waals surface area contributed by atoms with Crippen molar-refractivity contribution in [3.05, 3.63) is 59.7 Å². The van der Waals surface area contributed by atoms with E-state index in [0.717, 1.165) is 17.8 Å². The number of rotatable bonds is 5. The molecule has 0 fully saturated rings. The highest BCUT2D eigenvalue weighted by molar-refractivity contribution is 7.80. The summed E-state index contributed by atoms with van der Waals surface area (Å²) in [5, 5.41) is 6.71. The summed E-state index contributed by atoms with van der Waals surface area (Å²) in [6.45, 7) is 4.27. The summed E-state index contributed by atoms with van der Waals surface area (Å²) >= 11 is 5.29. The van der Waals surface area contributed by atoms with E-state index in [1.807, 2.05) is 12.1 Å². The van der Waals surface area contributed by atoms with Crippen molar-refractivity contribution < 1.29 is 9.53 Å². The predicted molar refractivity (Wildman–Crippen MR) is 98.1 cm³/mol. The molecule has 4 nitrogen and oxygen atoms in total. The maximum absolute atomic E-state index is 11.6. The largest absolute Gasteiger partial charge is 0.462 e. The van der Waals surface area contributed by atoms with Gasteiger partial charge in [0.2, 0.25) is 0 Å². The summed E-state index contributed by atoms with van der Waals surface area (Å²) in [6, 6.07) is 15.1. The summed E-state index contributed by atoms with van der Waals surface area (Å²) in [5.41, 5.74) is 3.54. The number of nitrogens with one attached hydrogen (secondary N) is 2. The van der Waals surface area contributed by atoms with Gasteiger partial charge in [-0.2, -0.15) is 0 Å². The Hall–Kier alpha value is -2.40.